The van der Waals surface area contributed by atoms with Crippen molar-refractivity contribution < 1.29 is 13.2 Å². The van der Waals surface area contributed by atoms with E-state index < -0.39 is 20.9 Å². The van der Waals surface area contributed by atoms with Crippen molar-refractivity contribution in [2.24, 2.45) is 5.73 Å². The van der Waals surface area contributed by atoms with E-state index in [9.17, 15) is 13.2 Å². The summed E-state index contributed by atoms with van der Waals surface area (Å²) in [7, 11) is -3.71. The van der Waals surface area contributed by atoms with Gasteiger partial charge in [-0.2, -0.15) is 20.0 Å². The normalized spacial score (nSPS) is 11.4. The fraction of sp³-hybridized carbons (Fsp3) is 0.0714. The van der Waals surface area contributed by atoms with E-state index in [1.807, 2.05) is 0 Å². The second kappa shape index (κ2) is 7.10. The van der Waals surface area contributed by atoms with Crippen LogP contribution in [-0.2, 0) is 9.84 Å². The number of primary amides is 1. The zero-order valence-electron chi connectivity index (χ0n) is 13.6. The minimum atomic E-state index is -3.71. The fourth-order valence-electron chi connectivity index (χ4n) is 2.07. The second-order valence-corrected chi connectivity index (χ2v) is 8.00. The third kappa shape index (κ3) is 3.99. The van der Waals surface area contributed by atoms with Gasteiger partial charge in [-0.25, -0.2) is 13.4 Å². The van der Waals surface area contributed by atoms with E-state index in [2.05, 4.69) is 25.5 Å². The first kappa shape index (κ1) is 19.0. The first-order valence-corrected chi connectivity index (χ1v) is 9.81. The van der Waals surface area contributed by atoms with Gasteiger partial charge in [0.15, 0.2) is 0 Å². The molecule has 3 rings (SSSR count). The second-order valence-electron chi connectivity index (χ2n) is 5.28. The molecule has 3 N–H and O–H groups in total. The number of rotatable bonds is 5. The van der Waals surface area contributed by atoms with Crippen molar-refractivity contribution in [2.75, 3.05) is 11.6 Å². The molecule has 140 valence electrons. The number of nitrogens with zero attached hydrogens (tertiary/aromatic N) is 5. The first-order valence-electron chi connectivity index (χ1n) is 7.16. The molecule has 0 saturated carbocycles. The molecular formula is C14H11Cl2N7O3S. The van der Waals surface area contributed by atoms with Crippen LogP contribution >= 0.6 is 23.2 Å². The summed E-state index contributed by atoms with van der Waals surface area (Å²) in [6, 6.07) is 2.95. The van der Waals surface area contributed by atoms with E-state index >= 15 is 0 Å². The minimum Gasteiger partial charge on any atom is -0.365 e. The molecule has 0 aliphatic rings. The number of nitrogens with two attached hydrogens (primary N) is 1. The maximum Gasteiger partial charge on any atom is 0.254 e. The molecule has 0 fully saturated rings. The SMILES string of the molecule is CS(=O)(=O)c1ncc(C(N)=O)c(Nc2cc(-n3nccn3)c(Cl)cc2Cl)n1. The molecule has 1 amide bonds. The Morgan fingerprint density at radius 1 is 1.19 bits per heavy atom. The molecule has 0 unspecified atom stereocenters. The molecule has 2 aromatic heterocycles. The van der Waals surface area contributed by atoms with Crippen molar-refractivity contribution >= 4 is 50.5 Å². The van der Waals surface area contributed by atoms with Crippen LogP contribution in [0.1, 0.15) is 10.4 Å². The molecule has 2 heterocycles. The number of sulfone groups is 1. The highest BCUT2D eigenvalue weighted by Crippen LogP contribution is 2.33. The molecule has 10 nitrogen and oxygen atoms in total. The summed E-state index contributed by atoms with van der Waals surface area (Å²) < 4.78 is 23.4. The number of carbonyl (C=O) groups excluding carboxylic acids is 1. The Morgan fingerprint density at radius 3 is 2.44 bits per heavy atom. The molecule has 27 heavy (non-hydrogen) atoms. The molecule has 0 radical (unpaired) electrons. The largest absolute Gasteiger partial charge is 0.365 e. The van der Waals surface area contributed by atoms with E-state index in [-0.39, 0.29) is 27.1 Å². The molecule has 0 spiro atoms. The number of halogens is 2. The molecule has 0 bridgehead atoms. The zero-order chi connectivity index (χ0) is 19.8. The Bertz CT molecular complexity index is 1130. The summed E-state index contributed by atoms with van der Waals surface area (Å²) in [6.07, 6.45) is 4.89. The number of hydrogen-bond donors (Lipinski definition) is 2. The quantitative estimate of drug-likeness (QED) is 0.583. The lowest BCUT2D eigenvalue weighted by atomic mass is 10.2. The maximum absolute atomic E-state index is 11.7. The van der Waals surface area contributed by atoms with E-state index in [1.54, 1.807) is 0 Å². The standard InChI is InChI=1S/C14H11Cl2N7O3S/c1-27(25,26)14-18-6-7(12(17)24)13(22-14)21-10-5-11(9(16)4-8(10)15)23-19-2-3-20-23/h2-6H,1H3,(H2,17,24)(H,18,21,22). The topological polar surface area (TPSA) is 146 Å². The summed E-state index contributed by atoms with van der Waals surface area (Å²) in [5.74, 6) is -0.974. The van der Waals surface area contributed by atoms with Gasteiger partial charge in [0.05, 0.1) is 28.1 Å². The Balaban J connectivity index is 2.12. The van der Waals surface area contributed by atoms with Gasteiger partial charge in [0.1, 0.15) is 17.1 Å². The van der Waals surface area contributed by atoms with E-state index in [0.29, 0.717) is 5.69 Å². The summed E-state index contributed by atoms with van der Waals surface area (Å²) in [5, 5.41) is 10.7. The first-order chi connectivity index (χ1) is 12.7. The van der Waals surface area contributed by atoms with Crippen LogP contribution in [0.25, 0.3) is 5.69 Å². The minimum absolute atomic E-state index is 0.118. The average Bonchev–Trinajstić information content (AvgIpc) is 3.10. The van der Waals surface area contributed by atoms with Gasteiger partial charge in [-0.15, -0.1) is 0 Å². The highest BCUT2D eigenvalue weighted by molar-refractivity contribution is 7.90. The Labute approximate surface area is 163 Å². The molecular weight excluding hydrogens is 417 g/mol. The van der Waals surface area contributed by atoms with Crippen molar-refractivity contribution in [3.63, 3.8) is 0 Å². The Kier molecular flexibility index (Phi) is 5.00. The van der Waals surface area contributed by atoms with E-state index in [0.717, 1.165) is 12.5 Å². The van der Waals surface area contributed by atoms with E-state index in [1.165, 1.54) is 29.3 Å². The van der Waals surface area contributed by atoms with Gasteiger partial charge >= 0.3 is 0 Å². The van der Waals surface area contributed by atoms with Gasteiger partial charge in [-0.1, -0.05) is 23.2 Å². The summed E-state index contributed by atoms with van der Waals surface area (Å²) >= 11 is 12.4. The van der Waals surface area contributed by atoms with Crippen molar-refractivity contribution in [3.8, 4) is 5.69 Å². The number of benzene rings is 1. The number of aromatic nitrogens is 5. The third-order valence-electron chi connectivity index (χ3n) is 3.29. The lowest BCUT2D eigenvalue weighted by Gasteiger charge is -2.13. The number of carbonyl (C=O) groups is 1. The van der Waals surface area contributed by atoms with Crippen molar-refractivity contribution in [3.05, 3.63) is 46.3 Å². The molecule has 0 atom stereocenters. The smallest absolute Gasteiger partial charge is 0.254 e. The van der Waals surface area contributed by atoms with Gasteiger partial charge in [0.25, 0.3) is 5.91 Å². The molecule has 1 aromatic carbocycles. The molecule has 3 aromatic rings. The zero-order valence-corrected chi connectivity index (χ0v) is 15.9. The molecule has 0 aliphatic carbocycles. The number of hydrogen-bond acceptors (Lipinski definition) is 8. The number of amides is 1. The van der Waals surface area contributed by atoms with Crippen LogP contribution in [-0.4, -0.2) is 45.5 Å². The summed E-state index contributed by atoms with van der Waals surface area (Å²) in [5.41, 5.74) is 5.86. The van der Waals surface area contributed by atoms with Crippen LogP contribution in [0.3, 0.4) is 0 Å². The average molecular weight is 428 g/mol. The maximum atomic E-state index is 11.7. The lowest BCUT2D eigenvalue weighted by molar-refractivity contribution is 0.1000. The fourth-order valence-corrected chi connectivity index (χ4v) is 3.08. The Hall–Kier alpha value is -2.76. The number of nitrogens with one attached hydrogen (secondary N) is 1. The predicted octanol–water partition coefficient (Wildman–Crippen LogP) is 1.61. The van der Waals surface area contributed by atoms with Crippen molar-refractivity contribution in [1.29, 1.82) is 0 Å². The number of anilines is 2. The van der Waals surface area contributed by atoms with Gasteiger partial charge in [-0.05, 0) is 12.1 Å². The highest BCUT2D eigenvalue weighted by Gasteiger charge is 2.19. The van der Waals surface area contributed by atoms with Gasteiger partial charge in [0.2, 0.25) is 15.0 Å². The van der Waals surface area contributed by atoms with E-state index in [4.69, 9.17) is 28.9 Å². The lowest BCUT2D eigenvalue weighted by Crippen LogP contribution is -2.17. The molecule has 0 aliphatic heterocycles. The van der Waals surface area contributed by atoms with Gasteiger partial charge < -0.3 is 11.1 Å². The van der Waals surface area contributed by atoms with Gasteiger partial charge in [-0.3, -0.25) is 4.79 Å². The van der Waals surface area contributed by atoms with Crippen molar-refractivity contribution in [1.82, 2.24) is 25.0 Å². The molecule has 0 saturated heterocycles. The summed E-state index contributed by atoms with van der Waals surface area (Å²) in [4.78, 5) is 20.4. The monoisotopic (exact) mass is 427 g/mol. The van der Waals surface area contributed by atoms with Crippen LogP contribution in [0.4, 0.5) is 11.5 Å². The Morgan fingerprint density at radius 2 is 1.85 bits per heavy atom. The highest BCUT2D eigenvalue weighted by atomic mass is 35.5. The van der Waals surface area contributed by atoms with Crippen LogP contribution in [0.5, 0.6) is 0 Å². The van der Waals surface area contributed by atoms with Crippen LogP contribution < -0.4 is 11.1 Å². The van der Waals surface area contributed by atoms with Crippen LogP contribution in [0.15, 0.2) is 35.9 Å². The van der Waals surface area contributed by atoms with Crippen molar-refractivity contribution in [2.45, 2.75) is 5.16 Å². The predicted molar refractivity (Wildman–Crippen MR) is 98.3 cm³/mol. The van der Waals surface area contributed by atoms with Crippen LogP contribution in [0, 0.1) is 0 Å². The van der Waals surface area contributed by atoms with Crippen LogP contribution in [0.2, 0.25) is 10.0 Å². The molecule has 13 heteroatoms. The van der Waals surface area contributed by atoms with Gasteiger partial charge in [0, 0.05) is 12.5 Å². The third-order valence-corrected chi connectivity index (χ3v) is 4.76. The summed E-state index contributed by atoms with van der Waals surface area (Å²) in [6.45, 7) is 0.